The summed E-state index contributed by atoms with van der Waals surface area (Å²) in [7, 11) is 5.78. The zero-order valence-corrected chi connectivity index (χ0v) is 17.3. The number of nitrogens with one attached hydrogen (secondary N) is 1. The Balaban J connectivity index is 1.69. The summed E-state index contributed by atoms with van der Waals surface area (Å²) >= 11 is 0. The number of benzene rings is 1. The van der Waals surface area contributed by atoms with E-state index in [1.54, 1.807) is 30.4 Å². The van der Waals surface area contributed by atoms with Crippen molar-refractivity contribution < 1.29 is 4.79 Å². The molecule has 3 rings (SSSR count). The van der Waals surface area contributed by atoms with Crippen molar-refractivity contribution in [2.24, 2.45) is 0 Å². The molecule has 1 N–H and O–H groups in total. The third-order valence-electron chi connectivity index (χ3n) is 4.55. The molecule has 150 valence electrons. The first-order valence-electron chi connectivity index (χ1n) is 9.47. The lowest BCUT2D eigenvalue weighted by Crippen LogP contribution is -2.30. The lowest BCUT2D eigenvalue weighted by atomic mass is 10.2. The Hall–Kier alpha value is -3.48. The fourth-order valence-electron chi connectivity index (χ4n) is 2.85. The number of carbonyl (C=O) groups is 1. The number of aryl methyl sites for hydroxylation is 1. The second-order valence-electron chi connectivity index (χ2n) is 7.12. The monoisotopic (exact) mass is 390 g/mol. The van der Waals surface area contributed by atoms with Crippen LogP contribution in [0.5, 0.6) is 0 Å². The average molecular weight is 390 g/mol. The van der Waals surface area contributed by atoms with Crippen molar-refractivity contribution >= 4 is 23.2 Å². The second-order valence-corrected chi connectivity index (χ2v) is 7.12. The van der Waals surface area contributed by atoms with Crippen molar-refractivity contribution in [1.29, 1.82) is 0 Å². The van der Waals surface area contributed by atoms with E-state index in [0.29, 0.717) is 18.2 Å². The van der Waals surface area contributed by atoms with Gasteiger partial charge < -0.3 is 15.1 Å². The summed E-state index contributed by atoms with van der Waals surface area (Å²) in [5, 5.41) is 3.18. The van der Waals surface area contributed by atoms with Crippen LogP contribution in [0, 0.1) is 6.92 Å². The van der Waals surface area contributed by atoms with Gasteiger partial charge in [0.15, 0.2) is 0 Å². The molecule has 0 fully saturated rings. The number of aromatic nitrogens is 3. The number of anilines is 3. The number of nitrogens with zero attached hydrogens (tertiary/aromatic N) is 5. The van der Waals surface area contributed by atoms with Crippen LogP contribution in [0.1, 0.15) is 21.7 Å². The Morgan fingerprint density at radius 3 is 2.34 bits per heavy atom. The number of hydrogen-bond acceptors (Lipinski definition) is 6. The molecule has 2 heterocycles. The number of pyridine rings is 1. The molecule has 0 saturated carbocycles. The highest BCUT2D eigenvalue weighted by atomic mass is 16.2. The van der Waals surface area contributed by atoms with E-state index in [1.807, 2.05) is 62.3 Å². The number of amides is 1. The van der Waals surface area contributed by atoms with Crippen molar-refractivity contribution in [3.63, 3.8) is 0 Å². The topological polar surface area (TPSA) is 74.2 Å². The van der Waals surface area contributed by atoms with Crippen LogP contribution in [0.25, 0.3) is 0 Å². The molecule has 29 heavy (non-hydrogen) atoms. The van der Waals surface area contributed by atoms with Crippen LogP contribution in [0.2, 0.25) is 0 Å². The molecule has 0 aliphatic carbocycles. The normalized spacial score (nSPS) is 10.5. The van der Waals surface area contributed by atoms with Gasteiger partial charge in [0.2, 0.25) is 5.95 Å². The summed E-state index contributed by atoms with van der Waals surface area (Å²) in [6.45, 7) is 2.45. The fourth-order valence-corrected chi connectivity index (χ4v) is 2.85. The molecule has 0 spiro atoms. The van der Waals surface area contributed by atoms with Crippen molar-refractivity contribution in [3.05, 3.63) is 71.8 Å². The zero-order valence-electron chi connectivity index (χ0n) is 17.3. The van der Waals surface area contributed by atoms with E-state index in [1.165, 1.54) is 0 Å². The highest BCUT2D eigenvalue weighted by molar-refractivity contribution is 5.92. The van der Waals surface area contributed by atoms with E-state index >= 15 is 0 Å². The van der Waals surface area contributed by atoms with Crippen LogP contribution in [-0.2, 0) is 6.42 Å². The summed E-state index contributed by atoms with van der Waals surface area (Å²) in [6, 6.07) is 13.6. The summed E-state index contributed by atoms with van der Waals surface area (Å²) < 4.78 is 0. The summed E-state index contributed by atoms with van der Waals surface area (Å²) in [6.07, 6.45) is 4.28. The number of hydrogen-bond donors (Lipinski definition) is 1. The third kappa shape index (κ3) is 5.51. The van der Waals surface area contributed by atoms with Crippen LogP contribution >= 0.6 is 0 Å². The van der Waals surface area contributed by atoms with Gasteiger partial charge in [-0.05, 0) is 61.4 Å². The maximum atomic E-state index is 12.8. The van der Waals surface area contributed by atoms with Crippen LogP contribution in [0.15, 0.2) is 54.9 Å². The second kappa shape index (κ2) is 9.14. The molecule has 1 aromatic carbocycles. The minimum Gasteiger partial charge on any atom is -0.378 e. The molecule has 2 aromatic heterocycles. The van der Waals surface area contributed by atoms with Gasteiger partial charge in [-0.15, -0.1) is 0 Å². The highest BCUT2D eigenvalue weighted by Gasteiger charge is 2.15. The predicted octanol–water partition coefficient (Wildman–Crippen LogP) is 3.30. The van der Waals surface area contributed by atoms with Crippen LogP contribution < -0.4 is 10.2 Å². The Bertz CT molecular complexity index is 957. The zero-order chi connectivity index (χ0) is 20.8. The first kappa shape index (κ1) is 20.3. The number of carbonyl (C=O) groups excluding carboxylic acids is 1. The maximum Gasteiger partial charge on any atom is 0.272 e. The van der Waals surface area contributed by atoms with E-state index in [4.69, 9.17) is 0 Å². The lowest BCUT2D eigenvalue weighted by molar-refractivity contribution is 0.0790. The van der Waals surface area contributed by atoms with E-state index in [9.17, 15) is 4.79 Å². The highest BCUT2D eigenvalue weighted by Crippen LogP contribution is 2.19. The van der Waals surface area contributed by atoms with Gasteiger partial charge in [-0.1, -0.05) is 0 Å². The van der Waals surface area contributed by atoms with E-state index in [0.717, 1.165) is 29.1 Å². The predicted molar refractivity (Wildman–Crippen MR) is 116 cm³/mol. The van der Waals surface area contributed by atoms with Gasteiger partial charge in [-0.25, -0.2) is 9.97 Å². The maximum absolute atomic E-state index is 12.8. The quantitative estimate of drug-likeness (QED) is 0.667. The smallest absolute Gasteiger partial charge is 0.272 e. The molecule has 0 bridgehead atoms. The van der Waals surface area contributed by atoms with E-state index < -0.39 is 0 Å². The molecule has 7 nitrogen and oxygen atoms in total. The molecule has 0 radical (unpaired) electrons. The molecule has 0 atom stereocenters. The van der Waals surface area contributed by atoms with Gasteiger partial charge in [0, 0.05) is 57.2 Å². The standard InChI is InChI=1S/C22H26N6O/c1-16-15-20(21(29)28(4)14-11-17-9-12-23-13-10-17)26-22(24-16)25-18-5-7-19(8-6-18)27(2)3/h5-10,12-13,15H,11,14H2,1-4H3,(H,24,25,26). The van der Waals surface area contributed by atoms with Crippen LogP contribution in [0.3, 0.4) is 0 Å². The first-order chi connectivity index (χ1) is 13.9. The molecule has 0 aliphatic heterocycles. The number of rotatable bonds is 7. The lowest BCUT2D eigenvalue weighted by Gasteiger charge is -2.17. The van der Waals surface area contributed by atoms with Crippen molar-refractivity contribution in [2.75, 3.05) is 37.9 Å². The summed E-state index contributed by atoms with van der Waals surface area (Å²) in [5.41, 5.74) is 4.22. The van der Waals surface area contributed by atoms with Crippen LogP contribution in [-0.4, -0.2) is 53.4 Å². The van der Waals surface area contributed by atoms with E-state index in [-0.39, 0.29) is 5.91 Å². The minimum atomic E-state index is -0.129. The molecule has 1 amide bonds. The molecule has 0 aliphatic rings. The molecule has 0 saturated heterocycles. The van der Waals surface area contributed by atoms with E-state index in [2.05, 4.69) is 20.3 Å². The average Bonchev–Trinajstić information content (AvgIpc) is 2.72. The van der Waals surface area contributed by atoms with Crippen LogP contribution in [0.4, 0.5) is 17.3 Å². The SMILES string of the molecule is Cc1cc(C(=O)N(C)CCc2ccncc2)nc(Nc2ccc(N(C)C)cc2)n1. The van der Waals surface area contributed by atoms with Crippen molar-refractivity contribution in [3.8, 4) is 0 Å². The van der Waals surface area contributed by atoms with Gasteiger partial charge in [0.1, 0.15) is 5.69 Å². The van der Waals surface area contributed by atoms with Gasteiger partial charge >= 0.3 is 0 Å². The Labute approximate surface area is 171 Å². The first-order valence-corrected chi connectivity index (χ1v) is 9.47. The van der Waals surface area contributed by atoms with Gasteiger partial charge in [0.05, 0.1) is 0 Å². The Morgan fingerprint density at radius 1 is 1.00 bits per heavy atom. The number of likely N-dealkylation sites (N-methyl/N-ethyl adjacent to an activating group) is 1. The molecule has 3 aromatic rings. The van der Waals surface area contributed by atoms with Crippen molar-refractivity contribution in [2.45, 2.75) is 13.3 Å². The Kier molecular flexibility index (Phi) is 6.39. The summed E-state index contributed by atoms with van der Waals surface area (Å²) in [5.74, 6) is 0.282. The summed E-state index contributed by atoms with van der Waals surface area (Å²) in [4.78, 5) is 29.4. The minimum absolute atomic E-state index is 0.129. The van der Waals surface area contributed by atoms with Gasteiger partial charge in [-0.2, -0.15) is 0 Å². The van der Waals surface area contributed by atoms with Crippen molar-refractivity contribution in [1.82, 2.24) is 19.9 Å². The third-order valence-corrected chi connectivity index (χ3v) is 4.55. The Morgan fingerprint density at radius 2 is 1.69 bits per heavy atom. The van der Waals surface area contributed by atoms with Gasteiger partial charge in [-0.3, -0.25) is 9.78 Å². The molecule has 0 unspecified atom stereocenters. The fraction of sp³-hybridized carbons (Fsp3) is 0.273. The van der Waals surface area contributed by atoms with Gasteiger partial charge in [0.25, 0.3) is 5.91 Å². The molecule has 7 heteroatoms. The molecular weight excluding hydrogens is 364 g/mol. The molecular formula is C22H26N6O. The largest absolute Gasteiger partial charge is 0.378 e.